The van der Waals surface area contributed by atoms with E-state index in [2.05, 4.69) is 15.1 Å². The third kappa shape index (κ3) is 5.52. The molecule has 8 nitrogen and oxygen atoms in total. The molecule has 2 saturated heterocycles. The minimum absolute atomic E-state index is 0.0108. The maximum Gasteiger partial charge on any atom is 0.277 e. The molecule has 3 fully saturated rings. The van der Waals surface area contributed by atoms with Crippen LogP contribution in [0.3, 0.4) is 0 Å². The molecule has 1 unspecified atom stereocenters. The number of amides is 1. The molecule has 1 saturated carbocycles. The van der Waals surface area contributed by atoms with E-state index < -0.39 is 9.84 Å². The van der Waals surface area contributed by atoms with Crippen LogP contribution in [0.25, 0.3) is 0 Å². The molecule has 1 aromatic heterocycles. The van der Waals surface area contributed by atoms with Gasteiger partial charge < -0.3 is 9.32 Å². The highest BCUT2D eigenvalue weighted by Gasteiger charge is 2.38. The van der Waals surface area contributed by atoms with Gasteiger partial charge in [0.15, 0.2) is 9.84 Å². The van der Waals surface area contributed by atoms with Crippen molar-refractivity contribution in [3.63, 3.8) is 0 Å². The van der Waals surface area contributed by atoms with Crippen molar-refractivity contribution in [2.75, 3.05) is 30.3 Å². The van der Waals surface area contributed by atoms with E-state index in [0.29, 0.717) is 24.1 Å². The van der Waals surface area contributed by atoms with Crippen LogP contribution in [-0.4, -0.2) is 76.8 Å². The van der Waals surface area contributed by atoms with Gasteiger partial charge in [-0.05, 0) is 45.2 Å². The van der Waals surface area contributed by atoms with Crippen molar-refractivity contribution < 1.29 is 17.6 Å². The lowest BCUT2D eigenvalue weighted by molar-refractivity contribution is -0.133. The molecule has 1 aromatic rings. The molecule has 4 rings (SSSR count). The second-order valence-corrected chi connectivity index (χ2v) is 11.5. The molecule has 0 radical (unpaired) electrons. The van der Waals surface area contributed by atoms with E-state index in [1.807, 2.05) is 4.90 Å². The summed E-state index contributed by atoms with van der Waals surface area (Å²) in [5, 5.41) is 8.59. The first-order valence-electron chi connectivity index (χ1n) is 10.7. The SMILES string of the molecule is O=C(CSc1nnc(CN2CCCC2)o1)N(C1CCCCC1)C1CCS(=O)(=O)C1. The lowest BCUT2D eigenvalue weighted by Gasteiger charge is -2.38. The zero-order valence-corrected chi connectivity index (χ0v) is 18.4. The first-order chi connectivity index (χ1) is 14.0. The fourth-order valence-corrected chi connectivity index (χ4v) is 7.11. The normalized spacial score (nSPS) is 25.4. The van der Waals surface area contributed by atoms with Crippen LogP contribution in [0.4, 0.5) is 0 Å². The molecular formula is C19H30N4O4S2. The Morgan fingerprint density at radius 3 is 2.52 bits per heavy atom. The quantitative estimate of drug-likeness (QED) is 0.593. The van der Waals surface area contributed by atoms with Crippen LogP contribution in [0.15, 0.2) is 9.64 Å². The van der Waals surface area contributed by atoms with Gasteiger partial charge in [-0.2, -0.15) is 0 Å². The maximum atomic E-state index is 13.1. The molecule has 2 aliphatic heterocycles. The number of carbonyl (C=O) groups is 1. The first kappa shape index (κ1) is 21.1. The van der Waals surface area contributed by atoms with Gasteiger partial charge in [-0.1, -0.05) is 31.0 Å². The summed E-state index contributed by atoms with van der Waals surface area (Å²) in [6.07, 6.45) is 8.29. The summed E-state index contributed by atoms with van der Waals surface area (Å²) in [5.74, 6) is 1.07. The van der Waals surface area contributed by atoms with Crippen molar-refractivity contribution in [2.24, 2.45) is 0 Å². The van der Waals surface area contributed by atoms with Crippen LogP contribution >= 0.6 is 11.8 Å². The van der Waals surface area contributed by atoms with Crippen molar-refractivity contribution in [2.45, 2.75) is 75.2 Å². The van der Waals surface area contributed by atoms with E-state index in [9.17, 15) is 13.2 Å². The Morgan fingerprint density at radius 1 is 1.07 bits per heavy atom. The first-order valence-corrected chi connectivity index (χ1v) is 13.5. The Kier molecular flexibility index (Phi) is 6.80. The van der Waals surface area contributed by atoms with Crippen LogP contribution in [-0.2, 0) is 21.2 Å². The molecule has 0 aromatic carbocycles. The molecule has 1 aliphatic carbocycles. The molecule has 0 bridgehead atoms. The second-order valence-electron chi connectivity index (χ2n) is 8.38. The second kappa shape index (κ2) is 9.34. The van der Waals surface area contributed by atoms with Gasteiger partial charge in [-0.25, -0.2) is 8.42 Å². The van der Waals surface area contributed by atoms with Gasteiger partial charge in [0.1, 0.15) is 0 Å². The number of rotatable bonds is 7. The van der Waals surface area contributed by atoms with Crippen LogP contribution in [0.1, 0.15) is 57.3 Å². The largest absolute Gasteiger partial charge is 0.415 e. The summed E-state index contributed by atoms with van der Waals surface area (Å²) >= 11 is 1.26. The molecule has 0 N–H and O–H groups in total. The van der Waals surface area contributed by atoms with Gasteiger partial charge in [0, 0.05) is 12.1 Å². The molecule has 29 heavy (non-hydrogen) atoms. The summed E-state index contributed by atoms with van der Waals surface area (Å²) < 4.78 is 29.7. The van der Waals surface area contributed by atoms with E-state index in [1.165, 1.54) is 31.0 Å². The predicted octanol–water partition coefficient (Wildman–Crippen LogP) is 2.11. The molecule has 0 spiro atoms. The summed E-state index contributed by atoms with van der Waals surface area (Å²) in [5.41, 5.74) is 0. The number of likely N-dealkylation sites (tertiary alicyclic amines) is 1. The highest BCUT2D eigenvalue weighted by Crippen LogP contribution is 2.29. The smallest absolute Gasteiger partial charge is 0.277 e. The van der Waals surface area contributed by atoms with E-state index >= 15 is 0 Å². The van der Waals surface area contributed by atoms with E-state index in [1.54, 1.807) is 0 Å². The molecular weight excluding hydrogens is 412 g/mol. The number of nitrogens with zero attached hydrogens (tertiary/aromatic N) is 4. The van der Waals surface area contributed by atoms with Crippen molar-refractivity contribution >= 4 is 27.5 Å². The lowest BCUT2D eigenvalue weighted by atomic mass is 9.93. The highest BCUT2D eigenvalue weighted by atomic mass is 32.2. The number of hydrogen-bond donors (Lipinski definition) is 0. The predicted molar refractivity (Wildman–Crippen MR) is 110 cm³/mol. The van der Waals surface area contributed by atoms with Crippen LogP contribution in [0.2, 0.25) is 0 Å². The molecule has 3 heterocycles. The Balaban J connectivity index is 1.36. The van der Waals surface area contributed by atoms with Gasteiger partial charge >= 0.3 is 0 Å². The third-order valence-electron chi connectivity index (χ3n) is 6.18. The van der Waals surface area contributed by atoms with Gasteiger partial charge in [-0.15, -0.1) is 10.2 Å². The van der Waals surface area contributed by atoms with Crippen molar-refractivity contribution in [3.05, 3.63) is 5.89 Å². The highest BCUT2D eigenvalue weighted by molar-refractivity contribution is 7.99. The zero-order valence-electron chi connectivity index (χ0n) is 16.8. The number of thioether (sulfide) groups is 1. The summed E-state index contributed by atoms with van der Waals surface area (Å²) in [4.78, 5) is 17.3. The Morgan fingerprint density at radius 2 is 1.83 bits per heavy atom. The van der Waals surface area contributed by atoms with Crippen LogP contribution in [0, 0.1) is 0 Å². The number of hydrogen-bond acceptors (Lipinski definition) is 8. The third-order valence-corrected chi connectivity index (χ3v) is 8.74. The Labute approximate surface area is 176 Å². The minimum atomic E-state index is -3.03. The van der Waals surface area contributed by atoms with E-state index in [-0.39, 0.29) is 35.2 Å². The number of aromatic nitrogens is 2. The van der Waals surface area contributed by atoms with Crippen molar-refractivity contribution in [1.29, 1.82) is 0 Å². The average Bonchev–Trinajstić information content (AvgIpc) is 3.44. The fraction of sp³-hybridized carbons (Fsp3) is 0.842. The standard InChI is InChI=1S/C19H30N4O4S2/c24-18(13-28-19-21-20-17(27-19)12-22-9-4-5-10-22)23(15-6-2-1-3-7-15)16-8-11-29(25,26)14-16/h15-16H,1-14H2. The molecule has 10 heteroatoms. The average molecular weight is 443 g/mol. The maximum absolute atomic E-state index is 13.1. The topological polar surface area (TPSA) is 96.6 Å². The number of sulfone groups is 1. The lowest BCUT2D eigenvalue weighted by Crippen LogP contribution is -2.49. The van der Waals surface area contributed by atoms with E-state index in [0.717, 1.165) is 38.8 Å². The van der Waals surface area contributed by atoms with Gasteiger partial charge in [-0.3, -0.25) is 9.69 Å². The van der Waals surface area contributed by atoms with Crippen LogP contribution in [0.5, 0.6) is 0 Å². The summed E-state index contributed by atoms with van der Waals surface area (Å²) in [6, 6.07) is -0.0341. The van der Waals surface area contributed by atoms with Crippen LogP contribution < -0.4 is 0 Å². The minimum Gasteiger partial charge on any atom is -0.415 e. The molecule has 3 aliphatic rings. The molecule has 1 amide bonds. The zero-order chi connectivity index (χ0) is 20.3. The van der Waals surface area contributed by atoms with Gasteiger partial charge in [0.05, 0.1) is 23.8 Å². The van der Waals surface area contributed by atoms with Gasteiger partial charge in [0.25, 0.3) is 5.22 Å². The summed E-state index contributed by atoms with van der Waals surface area (Å²) in [7, 11) is -3.03. The number of carbonyl (C=O) groups excluding carboxylic acids is 1. The molecule has 1 atom stereocenters. The Hall–Kier alpha value is -1.13. The monoisotopic (exact) mass is 442 g/mol. The summed E-state index contributed by atoms with van der Waals surface area (Å²) in [6.45, 7) is 2.78. The van der Waals surface area contributed by atoms with Crippen molar-refractivity contribution in [1.82, 2.24) is 20.0 Å². The van der Waals surface area contributed by atoms with Gasteiger partial charge in [0.2, 0.25) is 11.8 Å². The Bertz CT molecular complexity index is 801. The molecule has 162 valence electrons. The van der Waals surface area contributed by atoms with Crippen molar-refractivity contribution in [3.8, 4) is 0 Å². The fourth-order valence-electron chi connectivity index (χ4n) is 4.75. The van der Waals surface area contributed by atoms with E-state index in [4.69, 9.17) is 4.42 Å².